The van der Waals surface area contributed by atoms with E-state index in [1.54, 1.807) is 0 Å². The molecular formula is C20H25ClN4O. The lowest BCUT2D eigenvalue weighted by atomic mass is 9.95. The molecule has 26 heavy (non-hydrogen) atoms. The first kappa shape index (κ1) is 18.7. The Bertz CT molecular complexity index is 857. The van der Waals surface area contributed by atoms with E-state index in [0.717, 1.165) is 42.2 Å². The lowest BCUT2D eigenvalue weighted by Gasteiger charge is -2.35. The molecule has 1 saturated heterocycles. The van der Waals surface area contributed by atoms with Crippen molar-refractivity contribution in [3.63, 3.8) is 0 Å². The number of aromatic nitrogens is 3. The normalized spacial score (nSPS) is 17.8. The SMILES string of the molecule is Cc1cccc(CN2CCCCC2c2[nH]ncc2-c2cc(C)no2)c1.Cl. The van der Waals surface area contributed by atoms with Crippen LogP contribution in [-0.4, -0.2) is 26.8 Å². The number of nitrogens with one attached hydrogen (secondary N) is 1. The fraction of sp³-hybridized carbons (Fsp3) is 0.400. The minimum atomic E-state index is 0. The molecule has 0 bridgehead atoms. The van der Waals surface area contributed by atoms with E-state index in [1.165, 1.54) is 24.0 Å². The van der Waals surface area contributed by atoms with Crippen LogP contribution in [-0.2, 0) is 6.54 Å². The quantitative estimate of drug-likeness (QED) is 0.712. The van der Waals surface area contributed by atoms with Crippen LogP contribution in [0.1, 0.15) is 47.8 Å². The lowest BCUT2D eigenvalue weighted by molar-refractivity contribution is 0.137. The highest BCUT2D eigenvalue weighted by atomic mass is 35.5. The molecule has 0 amide bonds. The van der Waals surface area contributed by atoms with Gasteiger partial charge in [0.25, 0.3) is 0 Å². The number of hydrogen-bond donors (Lipinski definition) is 1. The third-order valence-corrected chi connectivity index (χ3v) is 4.98. The zero-order valence-electron chi connectivity index (χ0n) is 15.2. The molecule has 1 aliphatic rings. The van der Waals surface area contributed by atoms with Gasteiger partial charge in [0, 0.05) is 12.6 Å². The molecule has 6 heteroatoms. The molecule has 0 aliphatic carbocycles. The summed E-state index contributed by atoms with van der Waals surface area (Å²) in [5, 5.41) is 11.6. The number of halogens is 1. The molecule has 3 heterocycles. The zero-order chi connectivity index (χ0) is 17.2. The molecule has 3 aromatic rings. The van der Waals surface area contributed by atoms with Gasteiger partial charge in [-0.15, -0.1) is 12.4 Å². The maximum atomic E-state index is 5.48. The maximum Gasteiger partial charge on any atom is 0.170 e. The van der Waals surface area contributed by atoms with Gasteiger partial charge in [-0.25, -0.2) is 0 Å². The van der Waals surface area contributed by atoms with Gasteiger partial charge < -0.3 is 4.52 Å². The van der Waals surface area contributed by atoms with Crippen molar-refractivity contribution in [1.29, 1.82) is 0 Å². The Labute approximate surface area is 160 Å². The molecule has 0 saturated carbocycles. The summed E-state index contributed by atoms with van der Waals surface area (Å²) >= 11 is 0. The molecule has 0 radical (unpaired) electrons. The molecule has 1 fully saturated rings. The highest BCUT2D eigenvalue weighted by molar-refractivity contribution is 5.85. The van der Waals surface area contributed by atoms with Gasteiger partial charge in [-0.05, 0) is 38.8 Å². The lowest BCUT2D eigenvalue weighted by Crippen LogP contribution is -2.33. The van der Waals surface area contributed by atoms with Crippen molar-refractivity contribution in [2.45, 2.75) is 45.7 Å². The van der Waals surface area contributed by atoms with Crippen LogP contribution < -0.4 is 0 Å². The fourth-order valence-corrected chi connectivity index (χ4v) is 3.79. The second-order valence-corrected chi connectivity index (χ2v) is 7.00. The van der Waals surface area contributed by atoms with Crippen LogP contribution in [0, 0.1) is 13.8 Å². The predicted octanol–water partition coefficient (Wildman–Crippen LogP) is 4.83. The minimum absolute atomic E-state index is 0. The molecule has 1 aliphatic heterocycles. The third-order valence-electron chi connectivity index (χ3n) is 4.98. The van der Waals surface area contributed by atoms with Crippen molar-refractivity contribution in [2.75, 3.05) is 6.54 Å². The Hall–Kier alpha value is -2.11. The van der Waals surface area contributed by atoms with E-state index in [9.17, 15) is 0 Å². The van der Waals surface area contributed by atoms with Gasteiger partial charge in [-0.3, -0.25) is 10.00 Å². The van der Waals surface area contributed by atoms with Crippen molar-refractivity contribution >= 4 is 12.4 Å². The highest BCUT2D eigenvalue weighted by Crippen LogP contribution is 2.36. The Balaban J connectivity index is 0.00000196. The first-order valence-corrected chi connectivity index (χ1v) is 8.97. The summed E-state index contributed by atoms with van der Waals surface area (Å²) in [4.78, 5) is 2.55. The standard InChI is InChI=1S/C20H24N4O.ClH/c1-14-6-5-7-16(10-14)13-24-9-4-3-8-18(24)20-17(12-21-22-20)19-11-15(2)23-25-19;/h5-7,10-12,18H,3-4,8-9,13H2,1-2H3,(H,21,22);1H. The second-order valence-electron chi connectivity index (χ2n) is 7.00. The van der Waals surface area contributed by atoms with E-state index < -0.39 is 0 Å². The van der Waals surface area contributed by atoms with Gasteiger partial charge in [0.1, 0.15) is 0 Å². The van der Waals surface area contributed by atoms with E-state index in [0.29, 0.717) is 6.04 Å². The van der Waals surface area contributed by atoms with Gasteiger partial charge in [-0.1, -0.05) is 41.4 Å². The molecule has 1 N–H and O–H groups in total. The van der Waals surface area contributed by atoms with Crippen LogP contribution >= 0.6 is 12.4 Å². The van der Waals surface area contributed by atoms with E-state index in [2.05, 4.69) is 51.4 Å². The zero-order valence-corrected chi connectivity index (χ0v) is 16.1. The largest absolute Gasteiger partial charge is 0.356 e. The number of aryl methyl sites for hydroxylation is 2. The number of rotatable bonds is 4. The summed E-state index contributed by atoms with van der Waals surface area (Å²) in [5.74, 6) is 0.794. The highest BCUT2D eigenvalue weighted by Gasteiger charge is 2.28. The molecule has 2 aromatic heterocycles. The van der Waals surface area contributed by atoms with E-state index in [4.69, 9.17) is 4.52 Å². The van der Waals surface area contributed by atoms with Gasteiger partial charge >= 0.3 is 0 Å². The van der Waals surface area contributed by atoms with Crippen molar-refractivity contribution in [2.24, 2.45) is 0 Å². The number of hydrogen-bond acceptors (Lipinski definition) is 4. The Morgan fingerprint density at radius 1 is 1.23 bits per heavy atom. The molecular weight excluding hydrogens is 348 g/mol. The summed E-state index contributed by atoms with van der Waals surface area (Å²) in [6.45, 7) is 6.15. The van der Waals surface area contributed by atoms with E-state index in [1.807, 2.05) is 19.2 Å². The van der Waals surface area contributed by atoms with Crippen molar-refractivity contribution in [3.05, 3.63) is 59.0 Å². The van der Waals surface area contributed by atoms with Crippen molar-refractivity contribution in [1.82, 2.24) is 20.3 Å². The van der Waals surface area contributed by atoms with Crippen LogP contribution in [0.25, 0.3) is 11.3 Å². The number of H-pyrrole nitrogens is 1. The summed E-state index contributed by atoms with van der Waals surface area (Å²) in [7, 11) is 0. The van der Waals surface area contributed by atoms with Crippen LogP contribution in [0.4, 0.5) is 0 Å². The Morgan fingerprint density at radius 3 is 2.88 bits per heavy atom. The van der Waals surface area contributed by atoms with Gasteiger partial charge in [0.2, 0.25) is 0 Å². The Kier molecular flexibility index (Phi) is 5.79. The fourth-order valence-electron chi connectivity index (χ4n) is 3.79. The molecule has 5 nitrogen and oxygen atoms in total. The topological polar surface area (TPSA) is 58.0 Å². The monoisotopic (exact) mass is 372 g/mol. The summed E-state index contributed by atoms with van der Waals surface area (Å²) in [6, 6.07) is 11.1. The molecule has 0 spiro atoms. The molecule has 4 rings (SSSR count). The van der Waals surface area contributed by atoms with Crippen molar-refractivity contribution in [3.8, 4) is 11.3 Å². The first-order valence-electron chi connectivity index (χ1n) is 8.97. The maximum absolute atomic E-state index is 5.48. The van der Waals surface area contributed by atoms with Crippen LogP contribution in [0.15, 0.2) is 41.1 Å². The molecule has 1 aromatic carbocycles. The average Bonchev–Trinajstić information content (AvgIpc) is 3.24. The number of benzene rings is 1. The minimum Gasteiger partial charge on any atom is -0.356 e. The smallest absolute Gasteiger partial charge is 0.170 e. The number of piperidine rings is 1. The summed E-state index contributed by atoms with van der Waals surface area (Å²) < 4.78 is 5.48. The number of nitrogens with zero attached hydrogens (tertiary/aromatic N) is 3. The molecule has 1 atom stereocenters. The third kappa shape index (κ3) is 3.84. The predicted molar refractivity (Wildman–Crippen MR) is 104 cm³/mol. The molecule has 1 unspecified atom stereocenters. The van der Waals surface area contributed by atoms with Crippen LogP contribution in [0.5, 0.6) is 0 Å². The summed E-state index contributed by atoms with van der Waals surface area (Å²) in [6.07, 6.45) is 5.47. The second kappa shape index (κ2) is 8.06. The van der Waals surface area contributed by atoms with Gasteiger partial charge in [0.05, 0.1) is 29.2 Å². The van der Waals surface area contributed by atoms with Crippen LogP contribution in [0.2, 0.25) is 0 Å². The van der Waals surface area contributed by atoms with Gasteiger partial charge in [-0.2, -0.15) is 5.10 Å². The Morgan fingerprint density at radius 2 is 2.12 bits per heavy atom. The average molecular weight is 373 g/mol. The first-order chi connectivity index (χ1) is 12.2. The van der Waals surface area contributed by atoms with E-state index >= 15 is 0 Å². The van der Waals surface area contributed by atoms with E-state index in [-0.39, 0.29) is 12.4 Å². The van der Waals surface area contributed by atoms with Crippen LogP contribution in [0.3, 0.4) is 0 Å². The van der Waals surface area contributed by atoms with Crippen molar-refractivity contribution < 1.29 is 4.52 Å². The van der Waals surface area contributed by atoms with Gasteiger partial charge in [0.15, 0.2) is 5.76 Å². The molecule has 138 valence electrons. The summed E-state index contributed by atoms with van der Waals surface area (Å²) in [5.41, 5.74) is 5.74. The number of likely N-dealkylation sites (tertiary alicyclic amines) is 1. The number of aromatic amines is 1.